The molecule has 0 saturated carbocycles. The highest BCUT2D eigenvalue weighted by Gasteiger charge is 2.36. The van der Waals surface area contributed by atoms with Crippen LogP contribution in [0.5, 0.6) is 0 Å². The molecule has 1 saturated heterocycles. The standard InChI is InChI=1S/C14H28N6/c1-6-11(3)12-8-15-14(4,7-2)10-20(12)9-13-16-18-19(5)17-13/h11-12,15H,6-10H2,1-5H3. The molecule has 2 rings (SSSR count). The topological polar surface area (TPSA) is 58.9 Å². The summed E-state index contributed by atoms with van der Waals surface area (Å²) in [5.74, 6) is 1.49. The first-order chi connectivity index (χ1) is 9.47. The molecule has 20 heavy (non-hydrogen) atoms. The summed E-state index contributed by atoms with van der Waals surface area (Å²) < 4.78 is 0. The van der Waals surface area contributed by atoms with Crippen LogP contribution < -0.4 is 5.32 Å². The molecule has 0 amide bonds. The Balaban J connectivity index is 2.13. The fourth-order valence-electron chi connectivity index (χ4n) is 2.91. The molecular weight excluding hydrogens is 252 g/mol. The second kappa shape index (κ2) is 6.18. The van der Waals surface area contributed by atoms with Crippen molar-refractivity contribution < 1.29 is 0 Å². The first-order valence-electron chi connectivity index (χ1n) is 7.69. The number of nitrogens with zero attached hydrogens (tertiary/aromatic N) is 5. The Morgan fingerprint density at radius 1 is 1.45 bits per heavy atom. The van der Waals surface area contributed by atoms with Crippen LogP contribution in [0.4, 0.5) is 0 Å². The third-order valence-electron chi connectivity index (χ3n) is 4.73. The van der Waals surface area contributed by atoms with Gasteiger partial charge in [-0.05, 0) is 24.5 Å². The van der Waals surface area contributed by atoms with E-state index in [0.29, 0.717) is 12.0 Å². The van der Waals surface area contributed by atoms with E-state index in [1.165, 1.54) is 11.2 Å². The van der Waals surface area contributed by atoms with Crippen molar-refractivity contribution in [3.63, 3.8) is 0 Å². The summed E-state index contributed by atoms with van der Waals surface area (Å²) in [5.41, 5.74) is 0.187. The van der Waals surface area contributed by atoms with Crippen LogP contribution >= 0.6 is 0 Å². The molecule has 0 aliphatic carbocycles. The van der Waals surface area contributed by atoms with Gasteiger partial charge in [0.05, 0.1) is 13.6 Å². The zero-order valence-corrected chi connectivity index (χ0v) is 13.4. The molecule has 1 aliphatic heterocycles. The van der Waals surface area contributed by atoms with E-state index < -0.39 is 0 Å². The number of tetrazole rings is 1. The smallest absolute Gasteiger partial charge is 0.188 e. The third kappa shape index (κ3) is 3.35. The summed E-state index contributed by atoms with van der Waals surface area (Å²) in [6.07, 6.45) is 2.32. The van der Waals surface area contributed by atoms with Gasteiger partial charge in [0, 0.05) is 24.7 Å². The molecule has 0 bridgehead atoms. The van der Waals surface area contributed by atoms with Crippen LogP contribution in [0.1, 0.15) is 46.4 Å². The van der Waals surface area contributed by atoms with Crippen molar-refractivity contribution in [2.24, 2.45) is 13.0 Å². The van der Waals surface area contributed by atoms with Gasteiger partial charge in [-0.2, -0.15) is 4.80 Å². The van der Waals surface area contributed by atoms with Gasteiger partial charge in [-0.1, -0.05) is 27.2 Å². The molecule has 1 aliphatic rings. The number of hydrogen-bond acceptors (Lipinski definition) is 5. The second-order valence-electron chi connectivity index (χ2n) is 6.35. The molecule has 6 heteroatoms. The van der Waals surface area contributed by atoms with E-state index in [9.17, 15) is 0 Å². The molecule has 0 radical (unpaired) electrons. The molecule has 3 unspecified atom stereocenters. The minimum Gasteiger partial charge on any atom is -0.309 e. The van der Waals surface area contributed by atoms with E-state index in [0.717, 1.165) is 31.9 Å². The Morgan fingerprint density at radius 2 is 2.20 bits per heavy atom. The van der Waals surface area contributed by atoms with Gasteiger partial charge in [-0.15, -0.1) is 10.2 Å². The predicted octanol–water partition coefficient (Wildman–Crippen LogP) is 1.20. The van der Waals surface area contributed by atoms with Crippen molar-refractivity contribution in [3.05, 3.63) is 5.82 Å². The van der Waals surface area contributed by atoms with E-state index in [1.54, 1.807) is 0 Å². The van der Waals surface area contributed by atoms with Gasteiger partial charge in [0.25, 0.3) is 0 Å². The minimum absolute atomic E-state index is 0.187. The fourth-order valence-corrected chi connectivity index (χ4v) is 2.91. The summed E-state index contributed by atoms with van der Waals surface area (Å²) in [7, 11) is 1.82. The zero-order chi connectivity index (χ0) is 14.8. The number of aromatic nitrogens is 4. The normalized spacial score (nSPS) is 29.6. The van der Waals surface area contributed by atoms with Crippen LogP contribution in [0.25, 0.3) is 0 Å². The lowest BCUT2D eigenvalue weighted by Crippen LogP contribution is -2.63. The summed E-state index contributed by atoms with van der Waals surface area (Å²) >= 11 is 0. The number of aryl methyl sites for hydroxylation is 1. The van der Waals surface area contributed by atoms with Gasteiger partial charge < -0.3 is 5.32 Å². The Bertz CT molecular complexity index is 431. The first-order valence-corrected chi connectivity index (χ1v) is 7.69. The maximum absolute atomic E-state index is 4.33. The van der Waals surface area contributed by atoms with Gasteiger partial charge in [-0.25, -0.2) is 0 Å². The Kier molecular flexibility index (Phi) is 4.75. The summed E-state index contributed by atoms with van der Waals surface area (Å²) in [6.45, 7) is 12.0. The van der Waals surface area contributed by atoms with E-state index in [2.05, 4.69) is 53.3 Å². The van der Waals surface area contributed by atoms with Crippen molar-refractivity contribution in [2.45, 2.75) is 58.7 Å². The molecule has 6 nitrogen and oxygen atoms in total. The van der Waals surface area contributed by atoms with Gasteiger partial charge in [0.2, 0.25) is 0 Å². The van der Waals surface area contributed by atoms with Crippen LogP contribution in [0.15, 0.2) is 0 Å². The average Bonchev–Trinajstić information content (AvgIpc) is 2.83. The maximum Gasteiger partial charge on any atom is 0.188 e. The molecule has 1 aromatic rings. The van der Waals surface area contributed by atoms with Gasteiger partial charge in [0.15, 0.2) is 5.82 Å². The number of hydrogen-bond donors (Lipinski definition) is 1. The Morgan fingerprint density at radius 3 is 2.75 bits per heavy atom. The summed E-state index contributed by atoms with van der Waals surface area (Å²) in [6, 6.07) is 0.545. The number of rotatable bonds is 5. The second-order valence-corrected chi connectivity index (χ2v) is 6.35. The van der Waals surface area contributed by atoms with Crippen LogP contribution in [0.2, 0.25) is 0 Å². The lowest BCUT2D eigenvalue weighted by molar-refractivity contribution is 0.0466. The van der Waals surface area contributed by atoms with Crippen molar-refractivity contribution in [2.75, 3.05) is 13.1 Å². The van der Waals surface area contributed by atoms with Crippen LogP contribution in [-0.2, 0) is 13.6 Å². The van der Waals surface area contributed by atoms with Crippen LogP contribution in [-0.4, -0.2) is 49.8 Å². The van der Waals surface area contributed by atoms with Crippen molar-refractivity contribution in [1.82, 2.24) is 30.4 Å². The molecule has 0 spiro atoms. The van der Waals surface area contributed by atoms with Crippen molar-refractivity contribution in [1.29, 1.82) is 0 Å². The fraction of sp³-hybridized carbons (Fsp3) is 0.929. The lowest BCUT2D eigenvalue weighted by atomic mass is 9.88. The minimum atomic E-state index is 0.187. The molecule has 1 aromatic heterocycles. The summed E-state index contributed by atoms with van der Waals surface area (Å²) in [5, 5.41) is 16.1. The Hall–Kier alpha value is -1.01. The number of nitrogens with one attached hydrogen (secondary N) is 1. The molecule has 0 aromatic carbocycles. The highest BCUT2D eigenvalue weighted by molar-refractivity contribution is 4.97. The molecule has 1 N–H and O–H groups in total. The Labute approximate surface area is 121 Å². The first kappa shape index (κ1) is 15.4. The third-order valence-corrected chi connectivity index (χ3v) is 4.73. The van der Waals surface area contributed by atoms with E-state index in [1.807, 2.05) is 7.05 Å². The molecule has 1 fully saturated rings. The quantitative estimate of drug-likeness (QED) is 0.878. The monoisotopic (exact) mass is 280 g/mol. The van der Waals surface area contributed by atoms with E-state index >= 15 is 0 Å². The molecule has 114 valence electrons. The van der Waals surface area contributed by atoms with Crippen LogP contribution in [0.3, 0.4) is 0 Å². The van der Waals surface area contributed by atoms with E-state index in [4.69, 9.17) is 0 Å². The SMILES string of the molecule is CCC(C)C1CNC(C)(CC)CN1Cc1nnn(C)n1. The van der Waals surface area contributed by atoms with E-state index in [-0.39, 0.29) is 5.54 Å². The van der Waals surface area contributed by atoms with Gasteiger partial charge in [0.1, 0.15) is 0 Å². The van der Waals surface area contributed by atoms with Gasteiger partial charge >= 0.3 is 0 Å². The maximum atomic E-state index is 4.33. The molecule has 2 heterocycles. The molecule has 3 atom stereocenters. The average molecular weight is 280 g/mol. The van der Waals surface area contributed by atoms with Crippen molar-refractivity contribution >= 4 is 0 Å². The summed E-state index contributed by atoms with van der Waals surface area (Å²) in [4.78, 5) is 4.07. The van der Waals surface area contributed by atoms with Crippen molar-refractivity contribution in [3.8, 4) is 0 Å². The van der Waals surface area contributed by atoms with Gasteiger partial charge in [-0.3, -0.25) is 4.90 Å². The number of piperazine rings is 1. The molecular formula is C14H28N6. The highest BCUT2D eigenvalue weighted by Crippen LogP contribution is 2.25. The zero-order valence-electron chi connectivity index (χ0n) is 13.4. The predicted molar refractivity (Wildman–Crippen MR) is 79.1 cm³/mol. The largest absolute Gasteiger partial charge is 0.309 e. The highest BCUT2D eigenvalue weighted by atomic mass is 15.6. The van der Waals surface area contributed by atoms with Crippen LogP contribution in [0, 0.1) is 5.92 Å². The lowest BCUT2D eigenvalue weighted by Gasteiger charge is -2.47.